The van der Waals surface area contributed by atoms with Gasteiger partial charge >= 0.3 is 0 Å². The second kappa shape index (κ2) is 5.84. The number of rotatable bonds is 5. The molecule has 0 bridgehead atoms. The molecule has 0 aromatic carbocycles. The third kappa shape index (κ3) is 3.12. The molecule has 0 saturated carbocycles. The molecular formula is C14H20N4O. The number of carbonyl (C=O) groups is 1. The van der Waals surface area contributed by atoms with Crippen molar-refractivity contribution in [2.45, 2.75) is 26.3 Å². The van der Waals surface area contributed by atoms with Crippen LogP contribution in [0, 0.1) is 5.92 Å². The predicted molar refractivity (Wildman–Crippen MR) is 75.0 cm³/mol. The Balaban J connectivity index is 2.15. The van der Waals surface area contributed by atoms with Gasteiger partial charge in [-0.2, -0.15) is 5.10 Å². The maximum atomic E-state index is 12.3. The Bertz CT molecular complexity index is 561. The summed E-state index contributed by atoms with van der Waals surface area (Å²) >= 11 is 0. The zero-order valence-corrected chi connectivity index (χ0v) is 11.3. The molecule has 0 aliphatic carbocycles. The molecule has 2 heterocycles. The normalized spacial score (nSPS) is 12.8. The van der Waals surface area contributed by atoms with Crippen LogP contribution in [-0.4, -0.2) is 28.1 Å². The molecule has 3 N–H and O–H groups in total. The fourth-order valence-corrected chi connectivity index (χ4v) is 2.16. The second-order valence-electron chi connectivity index (χ2n) is 5.12. The minimum Gasteiger partial charge on any atom is -0.348 e. The quantitative estimate of drug-likeness (QED) is 0.854. The molecule has 19 heavy (non-hydrogen) atoms. The molecule has 0 aliphatic rings. The van der Waals surface area contributed by atoms with Gasteiger partial charge in [-0.15, -0.1) is 0 Å². The van der Waals surface area contributed by atoms with E-state index >= 15 is 0 Å². The van der Waals surface area contributed by atoms with Gasteiger partial charge in [0.1, 0.15) is 0 Å². The molecule has 0 aliphatic heterocycles. The zero-order valence-electron chi connectivity index (χ0n) is 11.3. The van der Waals surface area contributed by atoms with E-state index in [1.54, 1.807) is 10.7 Å². The van der Waals surface area contributed by atoms with Crippen LogP contribution in [-0.2, 0) is 0 Å². The molecule has 102 valence electrons. The third-order valence-electron chi connectivity index (χ3n) is 3.05. The van der Waals surface area contributed by atoms with Crippen molar-refractivity contribution < 1.29 is 4.79 Å². The van der Waals surface area contributed by atoms with E-state index < -0.39 is 0 Å². The van der Waals surface area contributed by atoms with Gasteiger partial charge in [0.25, 0.3) is 5.91 Å². The van der Waals surface area contributed by atoms with Gasteiger partial charge < -0.3 is 11.1 Å². The molecule has 0 fully saturated rings. The van der Waals surface area contributed by atoms with E-state index in [9.17, 15) is 4.79 Å². The predicted octanol–water partition coefficient (Wildman–Crippen LogP) is 1.44. The lowest BCUT2D eigenvalue weighted by Gasteiger charge is -2.18. The smallest absolute Gasteiger partial charge is 0.255 e. The van der Waals surface area contributed by atoms with Crippen LogP contribution in [0.2, 0.25) is 0 Å². The van der Waals surface area contributed by atoms with Crippen molar-refractivity contribution >= 4 is 11.4 Å². The first-order chi connectivity index (χ1) is 9.11. The summed E-state index contributed by atoms with van der Waals surface area (Å²) < 4.78 is 1.69. The van der Waals surface area contributed by atoms with E-state index in [4.69, 9.17) is 5.73 Å². The molecule has 1 unspecified atom stereocenters. The molecule has 1 atom stereocenters. The Labute approximate surface area is 112 Å². The average Bonchev–Trinajstić information content (AvgIpc) is 2.81. The van der Waals surface area contributed by atoms with Crippen LogP contribution < -0.4 is 11.1 Å². The van der Waals surface area contributed by atoms with Gasteiger partial charge in [0.15, 0.2) is 0 Å². The highest BCUT2D eigenvalue weighted by molar-refractivity contribution is 6.00. The summed E-state index contributed by atoms with van der Waals surface area (Å²) in [5.41, 5.74) is 7.09. The van der Waals surface area contributed by atoms with Crippen LogP contribution >= 0.6 is 0 Å². The zero-order chi connectivity index (χ0) is 13.8. The molecule has 0 radical (unpaired) electrons. The Hall–Kier alpha value is -1.88. The number of carbonyl (C=O) groups excluding carboxylic acids is 1. The van der Waals surface area contributed by atoms with Gasteiger partial charge in [0, 0.05) is 18.8 Å². The SMILES string of the molecule is CC(C)CC(CN)NC(=O)c1cnn2ccccc12. The number of nitrogens with zero attached hydrogens (tertiary/aromatic N) is 2. The second-order valence-corrected chi connectivity index (χ2v) is 5.12. The molecule has 2 aromatic heterocycles. The molecule has 5 nitrogen and oxygen atoms in total. The van der Waals surface area contributed by atoms with Crippen LogP contribution in [0.1, 0.15) is 30.6 Å². The number of aromatic nitrogens is 2. The molecule has 1 amide bonds. The first-order valence-electron chi connectivity index (χ1n) is 6.55. The summed E-state index contributed by atoms with van der Waals surface area (Å²) in [5, 5.41) is 7.13. The summed E-state index contributed by atoms with van der Waals surface area (Å²) in [6.07, 6.45) is 4.29. The minimum atomic E-state index is -0.114. The maximum Gasteiger partial charge on any atom is 0.255 e. The number of amides is 1. The summed E-state index contributed by atoms with van der Waals surface area (Å²) in [5.74, 6) is 0.384. The van der Waals surface area contributed by atoms with Crippen LogP contribution in [0.5, 0.6) is 0 Å². The lowest BCUT2D eigenvalue weighted by Crippen LogP contribution is -2.41. The van der Waals surface area contributed by atoms with Crippen LogP contribution in [0.25, 0.3) is 5.52 Å². The number of hydrogen-bond acceptors (Lipinski definition) is 3. The van der Waals surface area contributed by atoms with Gasteiger partial charge in [-0.25, -0.2) is 4.52 Å². The Morgan fingerprint density at radius 3 is 2.95 bits per heavy atom. The fourth-order valence-electron chi connectivity index (χ4n) is 2.16. The Morgan fingerprint density at radius 2 is 2.26 bits per heavy atom. The van der Waals surface area contributed by atoms with E-state index in [-0.39, 0.29) is 11.9 Å². The molecule has 0 spiro atoms. The number of nitrogens with two attached hydrogens (primary N) is 1. The van der Waals surface area contributed by atoms with E-state index in [0.717, 1.165) is 11.9 Å². The molecular weight excluding hydrogens is 240 g/mol. The van der Waals surface area contributed by atoms with E-state index in [2.05, 4.69) is 24.3 Å². The Morgan fingerprint density at radius 1 is 1.47 bits per heavy atom. The highest BCUT2D eigenvalue weighted by atomic mass is 16.1. The van der Waals surface area contributed by atoms with Crippen LogP contribution in [0.3, 0.4) is 0 Å². The highest BCUT2D eigenvalue weighted by Crippen LogP contribution is 2.11. The first-order valence-corrected chi connectivity index (χ1v) is 6.55. The monoisotopic (exact) mass is 260 g/mol. The van der Waals surface area contributed by atoms with Crippen molar-refractivity contribution in [2.75, 3.05) is 6.54 Å². The van der Waals surface area contributed by atoms with Crippen molar-refractivity contribution in [3.05, 3.63) is 36.2 Å². The number of pyridine rings is 1. The molecule has 0 saturated heterocycles. The topological polar surface area (TPSA) is 72.4 Å². The van der Waals surface area contributed by atoms with Crippen LogP contribution in [0.4, 0.5) is 0 Å². The number of fused-ring (bicyclic) bond motifs is 1. The molecule has 2 aromatic rings. The summed E-state index contributed by atoms with van der Waals surface area (Å²) in [7, 11) is 0. The van der Waals surface area contributed by atoms with Gasteiger partial charge in [0.05, 0.1) is 17.3 Å². The van der Waals surface area contributed by atoms with E-state index in [1.807, 2.05) is 24.4 Å². The minimum absolute atomic E-state index is 0.00571. The van der Waals surface area contributed by atoms with Crippen molar-refractivity contribution in [2.24, 2.45) is 11.7 Å². The van der Waals surface area contributed by atoms with Gasteiger partial charge in [-0.3, -0.25) is 4.79 Å². The highest BCUT2D eigenvalue weighted by Gasteiger charge is 2.16. The van der Waals surface area contributed by atoms with E-state index in [1.165, 1.54) is 0 Å². The average molecular weight is 260 g/mol. The molecule has 5 heteroatoms. The van der Waals surface area contributed by atoms with Gasteiger partial charge in [0.2, 0.25) is 0 Å². The standard InChI is InChI=1S/C14H20N4O/c1-10(2)7-11(8-15)17-14(19)12-9-16-18-6-4-3-5-13(12)18/h3-6,9-11H,7-8,15H2,1-2H3,(H,17,19). The first kappa shape index (κ1) is 13.5. The van der Waals surface area contributed by atoms with Gasteiger partial charge in [-0.05, 0) is 24.5 Å². The number of nitrogens with one attached hydrogen (secondary N) is 1. The van der Waals surface area contributed by atoms with Crippen molar-refractivity contribution in [1.82, 2.24) is 14.9 Å². The number of hydrogen-bond donors (Lipinski definition) is 2. The molecule has 2 rings (SSSR count). The maximum absolute atomic E-state index is 12.3. The lowest BCUT2D eigenvalue weighted by molar-refractivity contribution is 0.0935. The largest absolute Gasteiger partial charge is 0.348 e. The summed E-state index contributed by atoms with van der Waals surface area (Å²) in [6, 6.07) is 5.65. The van der Waals surface area contributed by atoms with E-state index in [0.29, 0.717) is 18.0 Å². The van der Waals surface area contributed by atoms with Crippen molar-refractivity contribution in [3.63, 3.8) is 0 Å². The summed E-state index contributed by atoms with van der Waals surface area (Å²) in [4.78, 5) is 12.3. The third-order valence-corrected chi connectivity index (χ3v) is 3.05. The Kier molecular flexibility index (Phi) is 4.16. The fraction of sp³-hybridized carbons (Fsp3) is 0.429. The van der Waals surface area contributed by atoms with Crippen LogP contribution in [0.15, 0.2) is 30.6 Å². The van der Waals surface area contributed by atoms with Crippen molar-refractivity contribution in [1.29, 1.82) is 0 Å². The van der Waals surface area contributed by atoms with Gasteiger partial charge in [-0.1, -0.05) is 19.9 Å². The summed E-state index contributed by atoms with van der Waals surface area (Å²) in [6.45, 7) is 4.68. The lowest BCUT2D eigenvalue weighted by atomic mass is 10.0. The van der Waals surface area contributed by atoms with Crippen molar-refractivity contribution in [3.8, 4) is 0 Å².